The summed E-state index contributed by atoms with van der Waals surface area (Å²) in [6, 6.07) is -0.489. The van der Waals surface area contributed by atoms with Crippen LogP contribution in [-0.4, -0.2) is 82.0 Å². The highest BCUT2D eigenvalue weighted by molar-refractivity contribution is 8.03. The maximum atomic E-state index is 12.9. The number of amides is 2. The average Bonchev–Trinajstić information content (AvgIpc) is 3.46. The van der Waals surface area contributed by atoms with E-state index in [0.717, 1.165) is 13.0 Å². The second-order valence-electron chi connectivity index (χ2n) is 10.0. The Labute approximate surface area is 198 Å². The number of hydrogen-bond acceptors (Lipinski definition) is 7. The fourth-order valence-electron chi connectivity index (χ4n) is 5.95. The molecule has 0 bridgehead atoms. The van der Waals surface area contributed by atoms with Crippen molar-refractivity contribution in [3.05, 3.63) is 10.6 Å². The lowest BCUT2D eigenvalue weighted by molar-refractivity contribution is -0.160. The minimum atomic E-state index is -1.10. The van der Waals surface area contributed by atoms with Gasteiger partial charge in [0.2, 0.25) is 11.8 Å². The van der Waals surface area contributed by atoms with E-state index in [1.807, 2.05) is 18.7 Å². The molecule has 4 rings (SSSR count). The number of carbonyl (C=O) groups is 4. The number of fused-ring (bicyclic) bond motifs is 1. The predicted molar refractivity (Wildman–Crippen MR) is 124 cm³/mol. The quantitative estimate of drug-likeness (QED) is 0.433. The molecule has 4 aliphatic heterocycles. The minimum absolute atomic E-state index is 0.0314. The van der Waals surface area contributed by atoms with Crippen molar-refractivity contribution in [3.63, 3.8) is 0 Å². The zero-order chi connectivity index (χ0) is 24.0. The van der Waals surface area contributed by atoms with E-state index in [1.54, 1.807) is 0 Å². The van der Waals surface area contributed by atoms with Gasteiger partial charge in [0.05, 0.1) is 18.0 Å². The van der Waals surface area contributed by atoms with E-state index in [1.165, 1.54) is 23.6 Å². The molecule has 0 aromatic rings. The van der Waals surface area contributed by atoms with Crippen molar-refractivity contribution >= 4 is 35.3 Å². The van der Waals surface area contributed by atoms with Crippen LogP contribution in [-0.2, 0) is 19.2 Å². The molecule has 182 valence electrons. The molecule has 33 heavy (non-hydrogen) atoms. The van der Waals surface area contributed by atoms with E-state index in [4.69, 9.17) is 5.73 Å². The summed E-state index contributed by atoms with van der Waals surface area (Å²) in [7, 11) is 0. The zero-order valence-corrected chi connectivity index (χ0v) is 20.3. The first kappa shape index (κ1) is 24.2. The molecule has 9 nitrogen and oxygen atoms in total. The Morgan fingerprint density at radius 1 is 1.33 bits per heavy atom. The summed E-state index contributed by atoms with van der Waals surface area (Å²) in [5.74, 6) is -1.37. The molecule has 0 spiro atoms. The van der Waals surface area contributed by atoms with Crippen LogP contribution in [0.5, 0.6) is 0 Å². The van der Waals surface area contributed by atoms with Gasteiger partial charge in [0.15, 0.2) is 0 Å². The van der Waals surface area contributed by atoms with Gasteiger partial charge in [-0.25, -0.2) is 4.79 Å². The highest BCUT2D eigenvalue weighted by Crippen LogP contribution is 2.53. The van der Waals surface area contributed by atoms with Gasteiger partial charge in [-0.1, -0.05) is 13.8 Å². The number of ketones is 1. The third kappa shape index (κ3) is 4.33. The number of hydrogen-bond donors (Lipinski definition) is 3. The van der Waals surface area contributed by atoms with Gasteiger partial charge in [-0.3, -0.25) is 9.59 Å². The van der Waals surface area contributed by atoms with Gasteiger partial charge in [0, 0.05) is 42.1 Å². The van der Waals surface area contributed by atoms with Crippen LogP contribution in [0, 0.1) is 23.7 Å². The first-order valence-electron chi connectivity index (χ1n) is 11.8. The summed E-state index contributed by atoms with van der Waals surface area (Å²) in [6.45, 7) is 8.02. The molecule has 4 N–H and O–H groups in total. The van der Waals surface area contributed by atoms with E-state index in [2.05, 4.69) is 5.32 Å². The molecule has 3 fully saturated rings. The second kappa shape index (κ2) is 9.38. The number of carboxylic acids is 1. The van der Waals surface area contributed by atoms with Gasteiger partial charge >= 0.3 is 5.97 Å². The Bertz CT molecular complexity index is 892. The number of aliphatic carboxylic acids is 1. The van der Waals surface area contributed by atoms with E-state index in [0.29, 0.717) is 43.3 Å². The zero-order valence-electron chi connectivity index (χ0n) is 19.5. The Morgan fingerprint density at radius 2 is 2.06 bits per heavy atom. The summed E-state index contributed by atoms with van der Waals surface area (Å²) in [4.78, 5) is 53.5. The molecule has 0 aliphatic carbocycles. The van der Waals surface area contributed by atoms with Crippen LogP contribution in [0.2, 0.25) is 0 Å². The minimum Gasteiger partial charge on any atom is -0.477 e. The monoisotopic (exact) mass is 478 g/mol. The SMILES string of the molecule is CC(=O)C[C@H](C)[C@H]1C(=O)N2C(C(=O)O)=C(S[C@@H]3CN[C@H](C(=O)N4CC[C@H](CN)C4)C3)[C@H](C)[C@H]12. The summed E-state index contributed by atoms with van der Waals surface area (Å²) in [5.41, 5.74) is 5.83. The smallest absolute Gasteiger partial charge is 0.353 e. The van der Waals surface area contributed by atoms with Crippen molar-refractivity contribution in [2.45, 2.75) is 57.4 Å². The van der Waals surface area contributed by atoms with E-state index < -0.39 is 5.97 Å². The highest BCUT2D eigenvalue weighted by atomic mass is 32.2. The number of likely N-dealkylation sites (tertiary alicyclic amines) is 1. The van der Waals surface area contributed by atoms with Crippen LogP contribution < -0.4 is 11.1 Å². The van der Waals surface area contributed by atoms with Crippen molar-refractivity contribution in [2.75, 3.05) is 26.2 Å². The number of rotatable bonds is 8. The van der Waals surface area contributed by atoms with Crippen molar-refractivity contribution < 1.29 is 24.3 Å². The van der Waals surface area contributed by atoms with E-state index in [-0.39, 0.29) is 58.4 Å². The maximum Gasteiger partial charge on any atom is 0.353 e. The molecule has 4 heterocycles. The van der Waals surface area contributed by atoms with Gasteiger partial charge in [-0.2, -0.15) is 0 Å². The van der Waals surface area contributed by atoms with Crippen LogP contribution in [0.1, 0.15) is 40.0 Å². The molecule has 0 unspecified atom stereocenters. The maximum absolute atomic E-state index is 12.9. The van der Waals surface area contributed by atoms with Gasteiger partial charge in [-0.15, -0.1) is 11.8 Å². The second-order valence-corrected chi connectivity index (χ2v) is 11.4. The molecule has 4 aliphatic rings. The lowest BCUT2D eigenvalue weighted by Crippen LogP contribution is -2.62. The molecule has 2 amide bonds. The van der Waals surface area contributed by atoms with Crippen LogP contribution >= 0.6 is 11.8 Å². The highest BCUT2D eigenvalue weighted by Gasteiger charge is 2.60. The summed E-state index contributed by atoms with van der Waals surface area (Å²) < 4.78 is 0. The topological polar surface area (TPSA) is 133 Å². The first-order valence-corrected chi connectivity index (χ1v) is 12.7. The lowest BCUT2D eigenvalue weighted by atomic mass is 9.73. The molecular weight excluding hydrogens is 444 g/mol. The van der Waals surface area contributed by atoms with Crippen molar-refractivity contribution in [3.8, 4) is 0 Å². The molecule has 0 aromatic carbocycles. The van der Waals surface area contributed by atoms with Crippen LogP contribution in [0.3, 0.4) is 0 Å². The standard InChI is InChI=1S/C23H34N4O5S/c1-11(6-12(2)28)17-18-13(3)20(19(23(31)32)27(18)22(17)30)33-15-7-16(25-9-15)21(29)26-5-4-14(8-24)10-26/h11,13-18,25H,4-10,24H2,1-3H3,(H,31,32)/t11-,13+,14+,15-,16-,17+,18+/m0/s1. The number of β-lactam (4-membered cyclic amide) rings is 1. The molecule has 3 saturated heterocycles. The lowest BCUT2D eigenvalue weighted by Gasteiger charge is -2.47. The number of nitrogens with zero attached hydrogens (tertiary/aromatic N) is 2. The van der Waals surface area contributed by atoms with E-state index >= 15 is 0 Å². The summed E-state index contributed by atoms with van der Waals surface area (Å²) >= 11 is 1.49. The van der Waals surface area contributed by atoms with Crippen molar-refractivity contribution in [1.82, 2.24) is 15.1 Å². The third-order valence-electron chi connectivity index (χ3n) is 7.63. The van der Waals surface area contributed by atoms with Crippen molar-refractivity contribution in [1.29, 1.82) is 0 Å². The van der Waals surface area contributed by atoms with Gasteiger partial charge in [0.25, 0.3) is 0 Å². The number of nitrogens with two attached hydrogens (primary N) is 1. The predicted octanol–water partition coefficient (Wildman–Crippen LogP) is 0.645. The molecule has 10 heteroatoms. The number of thioether (sulfide) groups is 1. The fraction of sp³-hybridized carbons (Fsp3) is 0.739. The Morgan fingerprint density at radius 3 is 2.67 bits per heavy atom. The van der Waals surface area contributed by atoms with Crippen LogP contribution in [0.25, 0.3) is 0 Å². The summed E-state index contributed by atoms with van der Waals surface area (Å²) in [5, 5.41) is 13.3. The number of carbonyl (C=O) groups excluding carboxylic acids is 3. The van der Waals surface area contributed by atoms with Crippen LogP contribution in [0.4, 0.5) is 0 Å². The van der Waals surface area contributed by atoms with Crippen LogP contribution in [0.15, 0.2) is 10.6 Å². The summed E-state index contributed by atoms with van der Waals surface area (Å²) in [6.07, 6.45) is 1.88. The van der Waals surface area contributed by atoms with Gasteiger partial charge < -0.3 is 30.8 Å². The molecule has 0 aromatic heterocycles. The van der Waals surface area contributed by atoms with E-state index in [9.17, 15) is 24.3 Å². The average molecular weight is 479 g/mol. The molecule has 0 radical (unpaired) electrons. The van der Waals surface area contributed by atoms with Crippen molar-refractivity contribution in [2.24, 2.45) is 29.4 Å². The molecular formula is C23H34N4O5S. The van der Waals surface area contributed by atoms with Gasteiger partial charge in [0.1, 0.15) is 11.5 Å². The number of carboxylic acid groups (broad SMARTS) is 1. The molecule has 7 atom stereocenters. The Balaban J connectivity index is 1.43. The Kier molecular flexibility index (Phi) is 6.89. The third-order valence-corrected chi connectivity index (χ3v) is 9.14. The normalized spacial score (nSPS) is 34.5. The van der Waals surface area contributed by atoms with Gasteiger partial charge in [-0.05, 0) is 38.1 Å². The number of Topliss-reactive ketones (excluding diaryl/α,β-unsaturated/α-hetero) is 1. The largest absolute Gasteiger partial charge is 0.477 e. The molecule has 0 saturated carbocycles. The Hall–Kier alpha value is -1.91. The number of nitrogens with one attached hydrogen (secondary N) is 1. The first-order chi connectivity index (χ1) is 15.6. The fourth-order valence-corrected chi connectivity index (χ4v) is 7.43.